The maximum absolute atomic E-state index is 13.5. The third-order valence-electron chi connectivity index (χ3n) is 5.35. The van der Waals surface area contributed by atoms with Crippen molar-refractivity contribution < 1.29 is 13.9 Å². The molecule has 4 atom stereocenters. The van der Waals surface area contributed by atoms with Crippen molar-refractivity contribution in [1.82, 2.24) is 4.90 Å². The van der Waals surface area contributed by atoms with Gasteiger partial charge < -0.3 is 4.74 Å². The SMILES string of the molecule is COC(=O)[C@@H]1[C@H]2CC[C@@H](C[C@H]1c1ccc(F)c(C)c1)N2C. The van der Waals surface area contributed by atoms with Gasteiger partial charge in [-0.25, -0.2) is 4.39 Å². The largest absolute Gasteiger partial charge is 0.469 e. The van der Waals surface area contributed by atoms with E-state index < -0.39 is 0 Å². The second-order valence-corrected chi connectivity index (χ2v) is 6.36. The lowest BCUT2D eigenvalue weighted by atomic mass is 9.76. The van der Waals surface area contributed by atoms with Crippen molar-refractivity contribution in [3.05, 3.63) is 35.1 Å². The molecule has 0 radical (unpaired) electrons. The Bertz CT molecular complexity index is 560. The lowest BCUT2D eigenvalue weighted by Gasteiger charge is -2.41. The Hall–Kier alpha value is -1.42. The third kappa shape index (κ3) is 2.35. The summed E-state index contributed by atoms with van der Waals surface area (Å²) < 4.78 is 18.6. The van der Waals surface area contributed by atoms with Crippen molar-refractivity contribution in [2.75, 3.05) is 14.2 Å². The highest BCUT2D eigenvalue weighted by Crippen LogP contribution is 2.46. The van der Waals surface area contributed by atoms with Gasteiger partial charge >= 0.3 is 5.97 Å². The highest BCUT2D eigenvalue weighted by atomic mass is 19.1. The second kappa shape index (κ2) is 5.41. The number of hydrogen-bond donors (Lipinski definition) is 0. The summed E-state index contributed by atoms with van der Waals surface area (Å²) in [4.78, 5) is 14.6. The Morgan fingerprint density at radius 1 is 1.38 bits per heavy atom. The van der Waals surface area contributed by atoms with Crippen LogP contribution < -0.4 is 0 Å². The van der Waals surface area contributed by atoms with Gasteiger partial charge in [0, 0.05) is 18.0 Å². The summed E-state index contributed by atoms with van der Waals surface area (Å²) in [5.41, 5.74) is 1.71. The van der Waals surface area contributed by atoms with Crippen LogP contribution in [0.5, 0.6) is 0 Å². The molecule has 0 amide bonds. The standard InChI is InChI=1S/C17H22FNO2/c1-10-8-11(4-6-14(10)18)13-9-12-5-7-15(19(12)2)16(13)17(20)21-3/h4,6,8,12-13,15-16H,5,7,9H2,1-3H3/t12-,13-,15+,16-/m0/s1. The van der Waals surface area contributed by atoms with Gasteiger partial charge in [0.1, 0.15) is 5.82 Å². The highest BCUT2D eigenvalue weighted by Gasteiger charge is 2.49. The molecule has 0 aromatic heterocycles. The van der Waals surface area contributed by atoms with E-state index in [1.54, 1.807) is 6.92 Å². The average Bonchev–Trinajstić information content (AvgIpc) is 2.72. The molecule has 2 aliphatic heterocycles. The molecule has 0 spiro atoms. The number of piperidine rings is 1. The van der Waals surface area contributed by atoms with E-state index in [4.69, 9.17) is 4.74 Å². The average molecular weight is 291 g/mol. The second-order valence-electron chi connectivity index (χ2n) is 6.36. The minimum atomic E-state index is -0.190. The number of esters is 1. The van der Waals surface area contributed by atoms with Crippen LogP contribution in [0.15, 0.2) is 18.2 Å². The molecule has 2 heterocycles. The summed E-state index contributed by atoms with van der Waals surface area (Å²) in [6.45, 7) is 1.77. The Morgan fingerprint density at radius 3 is 2.81 bits per heavy atom. The molecule has 0 N–H and O–H groups in total. The molecule has 2 fully saturated rings. The van der Waals surface area contributed by atoms with E-state index in [0.29, 0.717) is 11.6 Å². The molecule has 2 bridgehead atoms. The Kier molecular flexibility index (Phi) is 3.74. The fourth-order valence-corrected chi connectivity index (χ4v) is 4.17. The quantitative estimate of drug-likeness (QED) is 0.785. The number of rotatable bonds is 2. The van der Waals surface area contributed by atoms with Gasteiger partial charge in [-0.1, -0.05) is 12.1 Å². The van der Waals surface area contributed by atoms with Gasteiger partial charge in [-0.2, -0.15) is 0 Å². The minimum Gasteiger partial charge on any atom is -0.469 e. The fraction of sp³-hybridized carbons (Fsp3) is 0.588. The van der Waals surface area contributed by atoms with Gasteiger partial charge in [-0.05, 0) is 50.4 Å². The van der Waals surface area contributed by atoms with Crippen molar-refractivity contribution >= 4 is 5.97 Å². The predicted octanol–water partition coefficient (Wildman–Crippen LogP) is 2.87. The minimum absolute atomic E-state index is 0.130. The van der Waals surface area contributed by atoms with Gasteiger partial charge in [-0.3, -0.25) is 9.69 Å². The van der Waals surface area contributed by atoms with E-state index in [1.807, 2.05) is 12.1 Å². The van der Waals surface area contributed by atoms with E-state index in [2.05, 4.69) is 11.9 Å². The number of fused-ring (bicyclic) bond motifs is 2. The molecule has 1 aromatic rings. The van der Waals surface area contributed by atoms with Crippen molar-refractivity contribution in [3.63, 3.8) is 0 Å². The maximum atomic E-state index is 13.5. The Morgan fingerprint density at radius 2 is 2.14 bits per heavy atom. The van der Waals surface area contributed by atoms with E-state index >= 15 is 0 Å². The molecule has 1 aromatic carbocycles. The maximum Gasteiger partial charge on any atom is 0.310 e. The van der Waals surface area contributed by atoms with Crippen LogP contribution in [0.1, 0.15) is 36.3 Å². The highest BCUT2D eigenvalue weighted by molar-refractivity contribution is 5.75. The zero-order valence-corrected chi connectivity index (χ0v) is 12.8. The number of hydrogen-bond acceptors (Lipinski definition) is 3. The Labute approximate surface area is 125 Å². The summed E-state index contributed by atoms with van der Waals surface area (Å²) in [6.07, 6.45) is 3.11. The summed E-state index contributed by atoms with van der Waals surface area (Å²) >= 11 is 0. The predicted molar refractivity (Wildman–Crippen MR) is 78.6 cm³/mol. The number of aryl methyl sites for hydroxylation is 1. The van der Waals surface area contributed by atoms with Crippen LogP contribution in [0.4, 0.5) is 4.39 Å². The molecule has 114 valence electrons. The van der Waals surface area contributed by atoms with Crippen LogP contribution in [-0.2, 0) is 9.53 Å². The zero-order chi connectivity index (χ0) is 15.1. The van der Waals surface area contributed by atoms with E-state index in [1.165, 1.54) is 13.2 Å². The topological polar surface area (TPSA) is 29.5 Å². The summed E-state index contributed by atoms with van der Waals surface area (Å²) in [7, 11) is 3.56. The van der Waals surface area contributed by atoms with Crippen LogP contribution in [0.3, 0.4) is 0 Å². The lowest BCUT2D eigenvalue weighted by molar-refractivity contribution is -0.150. The molecular weight excluding hydrogens is 269 g/mol. The molecule has 3 nitrogen and oxygen atoms in total. The van der Waals surface area contributed by atoms with Crippen molar-refractivity contribution in [1.29, 1.82) is 0 Å². The number of carbonyl (C=O) groups is 1. The van der Waals surface area contributed by atoms with Crippen LogP contribution in [-0.4, -0.2) is 37.1 Å². The van der Waals surface area contributed by atoms with Gasteiger partial charge in [-0.15, -0.1) is 0 Å². The van der Waals surface area contributed by atoms with Crippen LogP contribution in [0.2, 0.25) is 0 Å². The first-order chi connectivity index (χ1) is 10.0. The summed E-state index contributed by atoms with van der Waals surface area (Å²) in [5.74, 6) is -0.350. The molecule has 21 heavy (non-hydrogen) atoms. The number of methoxy groups -OCH3 is 1. The first-order valence-electron chi connectivity index (χ1n) is 7.58. The number of halogens is 1. The van der Waals surface area contributed by atoms with E-state index in [-0.39, 0.29) is 29.7 Å². The van der Waals surface area contributed by atoms with E-state index in [9.17, 15) is 9.18 Å². The number of ether oxygens (including phenoxy) is 1. The smallest absolute Gasteiger partial charge is 0.310 e. The molecule has 0 aliphatic carbocycles. The normalized spacial score (nSPS) is 32.2. The van der Waals surface area contributed by atoms with Crippen LogP contribution in [0, 0.1) is 18.7 Å². The van der Waals surface area contributed by atoms with Crippen LogP contribution >= 0.6 is 0 Å². The van der Waals surface area contributed by atoms with Gasteiger partial charge in [0.2, 0.25) is 0 Å². The number of benzene rings is 1. The van der Waals surface area contributed by atoms with Crippen molar-refractivity contribution in [2.24, 2.45) is 5.92 Å². The Balaban J connectivity index is 1.98. The number of nitrogens with zero attached hydrogens (tertiary/aromatic N) is 1. The van der Waals surface area contributed by atoms with Gasteiger partial charge in [0.15, 0.2) is 0 Å². The van der Waals surface area contributed by atoms with E-state index in [0.717, 1.165) is 24.8 Å². The summed E-state index contributed by atoms with van der Waals surface area (Å²) in [6, 6.07) is 5.99. The number of carbonyl (C=O) groups excluding carboxylic acids is 1. The molecule has 0 unspecified atom stereocenters. The molecule has 0 saturated carbocycles. The van der Waals surface area contributed by atoms with Gasteiger partial charge in [0.25, 0.3) is 0 Å². The molecule has 2 aliphatic rings. The molecule has 3 rings (SSSR count). The van der Waals surface area contributed by atoms with Crippen LogP contribution in [0.25, 0.3) is 0 Å². The molecule has 4 heteroatoms. The van der Waals surface area contributed by atoms with Crippen molar-refractivity contribution in [2.45, 2.75) is 44.2 Å². The van der Waals surface area contributed by atoms with Crippen molar-refractivity contribution in [3.8, 4) is 0 Å². The first kappa shape index (κ1) is 14.5. The lowest BCUT2D eigenvalue weighted by Crippen LogP contribution is -2.49. The fourth-order valence-electron chi connectivity index (χ4n) is 4.17. The third-order valence-corrected chi connectivity index (χ3v) is 5.35. The molecule has 2 saturated heterocycles. The molecular formula is C17H22FNO2. The summed E-state index contributed by atoms with van der Waals surface area (Å²) in [5, 5.41) is 0. The monoisotopic (exact) mass is 291 g/mol. The first-order valence-corrected chi connectivity index (χ1v) is 7.58. The zero-order valence-electron chi connectivity index (χ0n) is 12.8. The van der Waals surface area contributed by atoms with Gasteiger partial charge in [0.05, 0.1) is 13.0 Å².